The SMILES string of the molecule is Cc1cc(COC(=O)n2ccccc2=O)ccc1-c1ccccc1. The first-order chi connectivity index (χ1) is 11.6. The Kier molecular flexibility index (Phi) is 4.57. The lowest BCUT2D eigenvalue weighted by Gasteiger charge is -2.10. The summed E-state index contributed by atoms with van der Waals surface area (Å²) in [5, 5.41) is 0. The van der Waals surface area contributed by atoms with Gasteiger partial charge < -0.3 is 4.74 Å². The van der Waals surface area contributed by atoms with Gasteiger partial charge in [-0.2, -0.15) is 0 Å². The van der Waals surface area contributed by atoms with Gasteiger partial charge in [-0.05, 0) is 35.2 Å². The van der Waals surface area contributed by atoms with Crippen molar-refractivity contribution >= 4 is 6.09 Å². The fourth-order valence-corrected chi connectivity index (χ4v) is 2.55. The molecule has 0 amide bonds. The van der Waals surface area contributed by atoms with Crippen LogP contribution in [0.2, 0.25) is 0 Å². The zero-order valence-corrected chi connectivity index (χ0v) is 13.3. The fraction of sp³-hybridized carbons (Fsp3) is 0.100. The lowest BCUT2D eigenvalue weighted by Crippen LogP contribution is -2.26. The van der Waals surface area contributed by atoms with Gasteiger partial charge in [-0.25, -0.2) is 9.36 Å². The van der Waals surface area contributed by atoms with Crippen LogP contribution in [0.25, 0.3) is 11.1 Å². The number of carbonyl (C=O) groups is 1. The largest absolute Gasteiger partial charge is 0.444 e. The molecule has 0 aliphatic rings. The summed E-state index contributed by atoms with van der Waals surface area (Å²) in [6.07, 6.45) is 0.722. The summed E-state index contributed by atoms with van der Waals surface area (Å²) < 4.78 is 6.17. The first kappa shape index (κ1) is 15.7. The first-order valence-corrected chi connectivity index (χ1v) is 7.65. The summed E-state index contributed by atoms with van der Waals surface area (Å²) in [7, 11) is 0. The van der Waals surface area contributed by atoms with Gasteiger partial charge in [0.2, 0.25) is 0 Å². The highest BCUT2D eigenvalue weighted by molar-refractivity contribution is 5.70. The van der Waals surface area contributed by atoms with Crippen LogP contribution in [-0.4, -0.2) is 10.7 Å². The summed E-state index contributed by atoms with van der Waals surface area (Å²) in [4.78, 5) is 23.5. The maximum atomic E-state index is 12.0. The Bertz CT molecular complexity index is 913. The van der Waals surface area contributed by atoms with Crippen LogP contribution in [0.1, 0.15) is 11.1 Å². The summed E-state index contributed by atoms with van der Waals surface area (Å²) in [6.45, 7) is 2.14. The second-order valence-corrected chi connectivity index (χ2v) is 5.48. The summed E-state index contributed by atoms with van der Waals surface area (Å²) in [5.41, 5.74) is 3.87. The molecular formula is C20H17NO3. The van der Waals surface area contributed by atoms with Crippen molar-refractivity contribution < 1.29 is 9.53 Å². The third kappa shape index (κ3) is 3.43. The number of ether oxygens (including phenoxy) is 1. The highest BCUT2D eigenvalue weighted by Gasteiger charge is 2.08. The highest BCUT2D eigenvalue weighted by atomic mass is 16.5. The molecule has 3 rings (SSSR count). The van der Waals surface area contributed by atoms with Gasteiger partial charge in [0.15, 0.2) is 0 Å². The molecule has 120 valence electrons. The van der Waals surface area contributed by atoms with Crippen LogP contribution in [0.3, 0.4) is 0 Å². The van der Waals surface area contributed by atoms with Gasteiger partial charge in [-0.15, -0.1) is 0 Å². The molecular weight excluding hydrogens is 302 g/mol. The number of rotatable bonds is 3. The third-order valence-corrected chi connectivity index (χ3v) is 3.76. The maximum absolute atomic E-state index is 12.0. The topological polar surface area (TPSA) is 48.3 Å². The molecule has 0 aliphatic heterocycles. The van der Waals surface area contributed by atoms with Crippen LogP contribution in [0, 0.1) is 6.92 Å². The smallest absolute Gasteiger partial charge is 0.421 e. The molecule has 3 aromatic rings. The minimum Gasteiger partial charge on any atom is -0.444 e. The minimum atomic E-state index is -0.676. The predicted molar refractivity (Wildman–Crippen MR) is 92.9 cm³/mol. The molecule has 0 spiro atoms. The molecule has 1 aromatic heterocycles. The summed E-state index contributed by atoms with van der Waals surface area (Å²) in [6, 6.07) is 20.6. The van der Waals surface area contributed by atoms with Gasteiger partial charge in [0, 0.05) is 12.3 Å². The molecule has 4 heteroatoms. The number of pyridine rings is 1. The van der Waals surface area contributed by atoms with Crippen LogP contribution in [0.5, 0.6) is 0 Å². The average molecular weight is 319 g/mol. The minimum absolute atomic E-state index is 0.121. The highest BCUT2D eigenvalue weighted by Crippen LogP contribution is 2.24. The number of hydrogen-bond donors (Lipinski definition) is 0. The monoisotopic (exact) mass is 319 g/mol. The van der Waals surface area contributed by atoms with E-state index in [9.17, 15) is 9.59 Å². The van der Waals surface area contributed by atoms with E-state index >= 15 is 0 Å². The van der Waals surface area contributed by atoms with E-state index in [1.165, 1.54) is 12.3 Å². The van der Waals surface area contributed by atoms with Gasteiger partial charge >= 0.3 is 6.09 Å². The van der Waals surface area contributed by atoms with E-state index in [4.69, 9.17) is 4.74 Å². The molecule has 0 saturated carbocycles. The van der Waals surface area contributed by atoms with Crippen LogP contribution >= 0.6 is 0 Å². The van der Waals surface area contributed by atoms with Crippen molar-refractivity contribution in [1.29, 1.82) is 0 Å². The quantitative estimate of drug-likeness (QED) is 0.733. The number of aromatic nitrogens is 1. The number of benzene rings is 2. The van der Waals surface area contributed by atoms with E-state index in [1.807, 2.05) is 43.3 Å². The normalized spacial score (nSPS) is 10.4. The van der Waals surface area contributed by atoms with Crippen molar-refractivity contribution in [1.82, 2.24) is 4.57 Å². The van der Waals surface area contributed by atoms with Gasteiger partial charge in [0.1, 0.15) is 6.61 Å². The molecule has 24 heavy (non-hydrogen) atoms. The fourth-order valence-electron chi connectivity index (χ4n) is 2.55. The van der Waals surface area contributed by atoms with Crippen molar-refractivity contribution in [2.24, 2.45) is 0 Å². The molecule has 0 atom stereocenters. The van der Waals surface area contributed by atoms with E-state index in [1.54, 1.807) is 12.1 Å². The number of hydrogen-bond acceptors (Lipinski definition) is 3. The van der Waals surface area contributed by atoms with Gasteiger partial charge in [-0.3, -0.25) is 4.79 Å². The summed E-state index contributed by atoms with van der Waals surface area (Å²) in [5.74, 6) is 0. The predicted octanol–water partition coefficient (Wildman–Crippen LogP) is 4.01. The van der Waals surface area contributed by atoms with Crippen molar-refractivity contribution in [3.8, 4) is 11.1 Å². The van der Waals surface area contributed by atoms with Crippen LogP contribution in [-0.2, 0) is 11.3 Å². The molecule has 2 aromatic carbocycles. The molecule has 0 radical (unpaired) electrons. The van der Waals surface area contributed by atoms with Crippen molar-refractivity contribution in [3.05, 3.63) is 94.4 Å². The van der Waals surface area contributed by atoms with Crippen LogP contribution in [0.4, 0.5) is 4.79 Å². The molecule has 0 unspecified atom stereocenters. The molecule has 0 aliphatic carbocycles. The lowest BCUT2D eigenvalue weighted by molar-refractivity contribution is 0.140. The van der Waals surface area contributed by atoms with Crippen molar-refractivity contribution in [3.63, 3.8) is 0 Å². The van der Waals surface area contributed by atoms with E-state index in [2.05, 4.69) is 12.1 Å². The second kappa shape index (κ2) is 6.96. The van der Waals surface area contributed by atoms with Gasteiger partial charge in [-0.1, -0.05) is 54.6 Å². The Labute approximate surface area is 140 Å². The van der Waals surface area contributed by atoms with E-state index < -0.39 is 11.7 Å². The Morgan fingerprint density at radius 1 is 1.00 bits per heavy atom. The van der Waals surface area contributed by atoms with E-state index in [0.717, 1.165) is 26.8 Å². The number of carbonyl (C=O) groups excluding carboxylic acids is 1. The van der Waals surface area contributed by atoms with Gasteiger partial charge in [0.05, 0.1) is 0 Å². The van der Waals surface area contributed by atoms with Crippen molar-refractivity contribution in [2.75, 3.05) is 0 Å². The molecule has 4 nitrogen and oxygen atoms in total. The number of nitrogens with zero attached hydrogens (tertiary/aromatic N) is 1. The van der Waals surface area contributed by atoms with E-state index in [0.29, 0.717) is 0 Å². The van der Waals surface area contributed by atoms with Crippen LogP contribution < -0.4 is 5.56 Å². The van der Waals surface area contributed by atoms with Gasteiger partial charge in [0.25, 0.3) is 5.56 Å². The average Bonchev–Trinajstić information content (AvgIpc) is 2.61. The molecule has 0 fully saturated rings. The second-order valence-electron chi connectivity index (χ2n) is 5.48. The molecule has 1 heterocycles. The summed E-state index contributed by atoms with van der Waals surface area (Å²) >= 11 is 0. The Morgan fingerprint density at radius 2 is 1.75 bits per heavy atom. The standard InChI is InChI=1S/C20H17NO3/c1-15-13-16(10-11-18(15)17-7-3-2-4-8-17)14-24-20(23)21-12-6-5-9-19(21)22/h2-13H,14H2,1H3. The third-order valence-electron chi connectivity index (χ3n) is 3.76. The lowest BCUT2D eigenvalue weighted by atomic mass is 9.99. The Hall–Kier alpha value is -3.14. The Balaban J connectivity index is 1.73. The van der Waals surface area contributed by atoms with Crippen LogP contribution in [0.15, 0.2) is 77.7 Å². The molecule has 0 N–H and O–H groups in total. The zero-order chi connectivity index (χ0) is 16.9. The van der Waals surface area contributed by atoms with E-state index in [-0.39, 0.29) is 6.61 Å². The first-order valence-electron chi connectivity index (χ1n) is 7.65. The zero-order valence-electron chi connectivity index (χ0n) is 13.3. The molecule has 0 saturated heterocycles. The molecule has 0 bridgehead atoms. The Morgan fingerprint density at radius 3 is 2.46 bits per heavy atom. The number of aryl methyl sites for hydroxylation is 1. The maximum Gasteiger partial charge on any atom is 0.421 e. The van der Waals surface area contributed by atoms with Crippen molar-refractivity contribution in [2.45, 2.75) is 13.5 Å².